The summed E-state index contributed by atoms with van der Waals surface area (Å²) in [5.41, 5.74) is 2.52. The first-order chi connectivity index (χ1) is 10.0. The van der Waals surface area contributed by atoms with Gasteiger partial charge < -0.3 is 5.32 Å². The number of rotatable bonds is 6. The zero-order valence-corrected chi connectivity index (χ0v) is 14.1. The first-order valence-electron chi connectivity index (χ1n) is 6.35. The van der Waals surface area contributed by atoms with Crippen LogP contribution in [0.1, 0.15) is 18.4 Å². The van der Waals surface area contributed by atoms with Crippen LogP contribution in [0.25, 0.3) is 0 Å². The molecule has 1 fully saturated rings. The summed E-state index contributed by atoms with van der Waals surface area (Å²) in [7, 11) is -3.66. The molecule has 112 valence electrons. The van der Waals surface area contributed by atoms with Crippen LogP contribution in [0.3, 0.4) is 0 Å². The highest BCUT2D eigenvalue weighted by atomic mass is 79.9. The number of aromatic nitrogens is 2. The average Bonchev–Trinajstić information content (AvgIpc) is 3.13. The van der Waals surface area contributed by atoms with Crippen LogP contribution in [0.5, 0.6) is 0 Å². The Hall–Kier alpha value is -1.03. The van der Waals surface area contributed by atoms with Crippen molar-refractivity contribution in [3.8, 4) is 0 Å². The predicted octanol–water partition coefficient (Wildman–Crippen LogP) is 2.35. The van der Waals surface area contributed by atoms with E-state index in [4.69, 9.17) is 0 Å². The van der Waals surface area contributed by atoms with Gasteiger partial charge in [0, 0.05) is 17.1 Å². The lowest BCUT2D eigenvalue weighted by Gasteiger charge is -2.09. The van der Waals surface area contributed by atoms with E-state index in [1.807, 2.05) is 12.1 Å². The minimum absolute atomic E-state index is 0.188. The zero-order valence-electron chi connectivity index (χ0n) is 10.9. The second-order valence-electron chi connectivity index (χ2n) is 4.77. The monoisotopic (exact) mass is 388 g/mol. The molecule has 9 heteroatoms. The Labute approximate surface area is 135 Å². The van der Waals surface area contributed by atoms with Gasteiger partial charge in [-0.2, -0.15) is 0 Å². The molecular weight excluding hydrogens is 376 g/mol. The van der Waals surface area contributed by atoms with Crippen molar-refractivity contribution in [3.63, 3.8) is 0 Å². The highest BCUT2D eigenvalue weighted by Crippen LogP contribution is 2.26. The quantitative estimate of drug-likeness (QED) is 0.793. The molecule has 0 bridgehead atoms. The molecule has 3 rings (SSSR count). The van der Waals surface area contributed by atoms with Crippen molar-refractivity contribution in [3.05, 3.63) is 33.7 Å². The van der Waals surface area contributed by atoms with Crippen LogP contribution < -0.4 is 10.0 Å². The minimum atomic E-state index is -3.66. The average molecular weight is 389 g/mol. The molecule has 2 N–H and O–H groups in total. The van der Waals surface area contributed by atoms with E-state index in [1.165, 1.54) is 18.4 Å². The Bertz CT molecular complexity index is 730. The summed E-state index contributed by atoms with van der Waals surface area (Å²) < 4.78 is 27.5. The van der Waals surface area contributed by atoms with Gasteiger partial charge >= 0.3 is 0 Å². The van der Waals surface area contributed by atoms with Gasteiger partial charge in [-0.25, -0.2) is 8.42 Å². The number of nitrogens with zero attached hydrogens (tertiary/aromatic N) is 2. The maximum Gasteiger partial charge on any atom is 0.264 e. The van der Waals surface area contributed by atoms with Gasteiger partial charge in [0.25, 0.3) is 10.0 Å². The molecule has 21 heavy (non-hydrogen) atoms. The molecule has 0 aliphatic heterocycles. The van der Waals surface area contributed by atoms with Crippen molar-refractivity contribution in [2.75, 3.05) is 4.72 Å². The lowest BCUT2D eigenvalue weighted by Crippen LogP contribution is -2.16. The fourth-order valence-corrected chi connectivity index (χ4v) is 4.63. The fraction of sp³-hybridized carbons (Fsp3) is 0.333. The van der Waals surface area contributed by atoms with Gasteiger partial charge in [0.1, 0.15) is 10.4 Å². The maximum absolute atomic E-state index is 12.3. The SMILES string of the molecule is O=S(=O)(Nc1nncs1)c1ccc(CNC2CC2)cc1Br. The van der Waals surface area contributed by atoms with Gasteiger partial charge in [0.15, 0.2) is 0 Å². The summed E-state index contributed by atoms with van der Waals surface area (Å²) in [6.07, 6.45) is 2.44. The number of benzene rings is 1. The van der Waals surface area contributed by atoms with Crippen LogP contribution in [0.2, 0.25) is 0 Å². The molecule has 0 amide bonds. The Morgan fingerprint density at radius 2 is 2.19 bits per heavy atom. The highest BCUT2D eigenvalue weighted by molar-refractivity contribution is 9.10. The largest absolute Gasteiger partial charge is 0.310 e. The van der Waals surface area contributed by atoms with Crippen LogP contribution in [-0.4, -0.2) is 24.7 Å². The van der Waals surface area contributed by atoms with Crippen LogP contribution in [0.4, 0.5) is 5.13 Å². The number of anilines is 1. The standard InChI is InChI=1S/C12H13BrN4O2S2/c13-10-5-8(6-14-9-2-3-9)1-4-11(10)21(18,19)17-12-16-15-7-20-12/h1,4-5,7,9,14H,2-3,6H2,(H,16,17). The van der Waals surface area contributed by atoms with E-state index >= 15 is 0 Å². The Balaban J connectivity index is 1.77. The Morgan fingerprint density at radius 1 is 1.38 bits per heavy atom. The van der Waals surface area contributed by atoms with Gasteiger partial charge in [-0.1, -0.05) is 17.4 Å². The minimum Gasteiger partial charge on any atom is -0.310 e. The Kier molecular flexibility index (Phi) is 4.25. The van der Waals surface area contributed by atoms with E-state index in [1.54, 1.807) is 6.07 Å². The molecule has 1 aliphatic carbocycles. The van der Waals surface area contributed by atoms with Gasteiger partial charge in [-0.15, -0.1) is 10.2 Å². The molecule has 0 unspecified atom stereocenters. The van der Waals surface area contributed by atoms with Crippen molar-refractivity contribution in [1.82, 2.24) is 15.5 Å². The number of halogens is 1. The summed E-state index contributed by atoms with van der Waals surface area (Å²) in [5, 5.41) is 10.9. The zero-order chi connectivity index (χ0) is 14.9. The fourth-order valence-electron chi connectivity index (χ4n) is 1.81. The molecule has 6 nitrogen and oxygen atoms in total. The van der Waals surface area contributed by atoms with Crippen molar-refractivity contribution in [2.24, 2.45) is 0 Å². The summed E-state index contributed by atoms with van der Waals surface area (Å²) in [6, 6.07) is 5.85. The summed E-state index contributed by atoms with van der Waals surface area (Å²) >= 11 is 4.46. The van der Waals surface area contributed by atoms with Gasteiger partial charge in [-0.3, -0.25) is 4.72 Å². The number of sulfonamides is 1. The van der Waals surface area contributed by atoms with Gasteiger partial charge in [-0.05, 0) is 46.5 Å². The first kappa shape index (κ1) is 14.9. The summed E-state index contributed by atoms with van der Waals surface area (Å²) in [4.78, 5) is 0.188. The molecule has 0 spiro atoms. The molecule has 1 saturated carbocycles. The van der Waals surface area contributed by atoms with E-state index in [2.05, 4.69) is 36.2 Å². The molecule has 1 aliphatic rings. The maximum atomic E-state index is 12.3. The van der Waals surface area contributed by atoms with Crippen molar-refractivity contribution in [2.45, 2.75) is 30.3 Å². The van der Waals surface area contributed by atoms with Gasteiger partial charge in [0.2, 0.25) is 5.13 Å². The second kappa shape index (κ2) is 5.99. The normalized spacial score (nSPS) is 15.1. The van der Waals surface area contributed by atoms with Crippen LogP contribution >= 0.6 is 27.3 Å². The molecule has 0 saturated heterocycles. The third-order valence-corrected chi connectivity index (χ3v) is 6.09. The van der Waals surface area contributed by atoms with E-state index in [9.17, 15) is 8.42 Å². The lowest BCUT2D eigenvalue weighted by atomic mass is 10.2. The van der Waals surface area contributed by atoms with Crippen molar-refractivity contribution < 1.29 is 8.42 Å². The van der Waals surface area contributed by atoms with Crippen molar-refractivity contribution >= 4 is 42.4 Å². The van der Waals surface area contributed by atoms with E-state index < -0.39 is 10.0 Å². The number of nitrogens with one attached hydrogen (secondary N) is 2. The Morgan fingerprint density at radius 3 is 2.81 bits per heavy atom. The summed E-state index contributed by atoms with van der Waals surface area (Å²) in [5.74, 6) is 0. The molecule has 1 aromatic carbocycles. The summed E-state index contributed by atoms with van der Waals surface area (Å²) in [6.45, 7) is 0.743. The third-order valence-electron chi connectivity index (χ3n) is 3.04. The van der Waals surface area contributed by atoms with E-state index in [0.717, 1.165) is 23.4 Å². The van der Waals surface area contributed by atoms with Crippen molar-refractivity contribution in [1.29, 1.82) is 0 Å². The lowest BCUT2D eigenvalue weighted by molar-refractivity contribution is 0.600. The number of hydrogen-bond donors (Lipinski definition) is 2. The molecular formula is C12H13BrN4O2S2. The van der Waals surface area contributed by atoms with Crippen LogP contribution in [-0.2, 0) is 16.6 Å². The highest BCUT2D eigenvalue weighted by Gasteiger charge is 2.21. The molecule has 2 aromatic rings. The van der Waals surface area contributed by atoms with Crippen LogP contribution in [0.15, 0.2) is 33.1 Å². The molecule has 1 aromatic heterocycles. The number of hydrogen-bond acceptors (Lipinski definition) is 6. The molecule has 0 atom stereocenters. The first-order valence-corrected chi connectivity index (χ1v) is 9.51. The topological polar surface area (TPSA) is 84.0 Å². The van der Waals surface area contributed by atoms with E-state index in [-0.39, 0.29) is 10.0 Å². The third kappa shape index (κ3) is 3.79. The van der Waals surface area contributed by atoms with Gasteiger partial charge in [0.05, 0.1) is 0 Å². The molecule has 0 radical (unpaired) electrons. The second-order valence-corrected chi connectivity index (χ2v) is 8.11. The van der Waals surface area contributed by atoms with Crippen LogP contribution in [0, 0.1) is 0 Å². The predicted molar refractivity (Wildman–Crippen MR) is 84.7 cm³/mol. The smallest absolute Gasteiger partial charge is 0.264 e. The van der Waals surface area contributed by atoms with E-state index in [0.29, 0.717) is 10.5 Å². The molecule has 1 heterocycles.